The van der Waals surface area contributed by atoms with Crippen LogP contribution in [0.1, 0.15) is 12.8 Å². The Bertz CT molecular complexity index is 422. The second-order valence-electron chi connectivity index (χ2n) is 4.88. The highest BCUT2D eigenvalue weighted by Crippen LogP contribution is 2.26. The number of aromatic hydroxyl groups is 1. The van der Waals surface area contributed by atoms with Crippen LogP contribution >= 0.6 is 0 Å². The van der Waals surface area contributed by atoms with Crippen molar-refractivity contribution in [3.8, 4) is 11.5 Å². The lowest BCUT2D eigenvalue weighted by Crippen LogP contribution is -2.34. The Morgan fingerprint density at radius 1 is 1.35 bits per heavy atom. The standard InChI is InChI=1S/C15H20O5/c1-18-15(17)14(11-6-8-19-9-7-11)10-20-13-4-2-12(16)3-5-13/h2-5,11,14,16H,6-10H2,1H3. The quantitative estimate of drug-likeness (QED) is 0.836. The van der Waals surface area contributed by atoms with Gasteiger partial charge in [0.1, 0.15) is 18.1 Å². The van der Waals surface area contributed by atoms with E-state index >= 15 is 0 Å². The molecule has 1 heterocycles. The molecule has 1 saturated heterocycles. The molecule has 1 unspecified atom stereocenters. The number of esters is 1. The van der Waals surface area contributed by atoms with Gasteiger partial charge in [0.25, 0.3) is 0 Å². The Balaban J connectivity index is 1.96. The van der Waals surface area contributed by atoms with Crippen LogP contribution in [0.2, 0.25) is 0 Å². The molecule has 5 heteroatoms. The summed E-state index contributed by atoms with van der Waals surface area (Å²) in [6.07, 6.45) is 1.69. The SMILES string of the molecule is COC(=O)C(COc1ccc(O)cc1)C1CCOCC1. The van der Waals surface area contributed by atoms with Crippen LogP contribution in [0.3, 0.4) is 0 Å². The van der Waals surface area contributed by atoms with Crippen LogP contribution in [0.25, 0.3) is 0 Å². The number of hydrogen-bond donors (Lipinski definition) is 1. The third kappa shape index (κ3) is 3.87. The van der Waals surface area contributed by atoms with Crippen molar-refractivity contribution in [3.05, 3.63) is 24.3 Å². The summed E-state index contributed by atoms with van der Waals surface area (Å²) in [7, 11) is 1.40. The van der Waals surface area contributed by atoms with Crippen molar-refractivity contribution in [1.29, 1.82) is 0 Å². The first kappa shape index (κ1) is 14.7. The first-order chi connectivity index (χ1) is 9.70. The van der Waals surface area contributed by atoms with E-state index in [1.54, 1.807) is 24.3 Å². The first-order valence-corrected chi connectivity index (χ1v) is 6.78. The molecule has 1 aliphatic heterocycles. The topological polar surface area (TPSA) is 65.0 Å². The van der Waals surface area contributed by atoms with Gasteiger partial charge in [-0.05, 0) is 43.0 Å². The van der Waals surface area contributed by atoms with Crippen LogP contribution in [0.15, 0.2) is 24.3 Å². The van der Waals surface area contributed by atoms with E-state index in [9.17, 15) is 9.90 Å². The van der Waals surface area contributed by atoms with Crippen molar-refractivity contribution in [2.45, 2.75) is 12.8 Å². The number of carbonyl (C=O) groups excluding carboxylic acids is 1. The van der Waals surface area contributed by atoms with E-state index in [1.165, 1.54) is 7.11 Å². The van der Waals surface area contributed by atoms with Gasteiger partial charge in [-0.25, -0.2) is 0 Å². The second-order valence-corrected chi connectivity index (χ2v) is 4.88. The van der Waals surface area contributed by atoms with E-state index in [2.05, 4.69) is 0 Å². The average Bonchev–Trinajstić information content (AvgIpc) is 2.50. The number of carbonyl (C=O) groups is 1. The molecule has 1 aromatic carbocycles. The molecular formula is C15H20O5. The minimum atomic E-state index is -0.280. The molecular weight excluding hydrogens is 260 g/mol. The van der Waals surface area contributed by atoms with Crippen LogP contribution in [0, 0.1) is 11.8 Å². The van der Waals surface area contributed by atoms with Crippen molar-refractivity contribution in [2.75, 3.05) is 26.9 Å². The number of methoxy groups -OCH3 is 1. The van der Waals surface area contributed by atoms with Crippen molar-refractivity contribution in [3.63, 3.8) is 0 Å². The van der Waals surface area contributed by atoms with Gasteiger partial charge in [-0.15, -0.1) is 0 Å². The summed E-state index contributed by atoms with van der Waals surface area (Å²) in [5.74, 6) is 0.525. The van der Waals surface area contributed by atoms with Gasteiger partial charge >= 0.3 is 5.97 Å². The third-order valence-electron chi connectivity index (χ3n) is 3.61. The Kier molecular flexibility index (Phi) is 5.24. The van der Waals surface area contributed by atoms with Crippen molar-refractivity contribution in [1.82, 2.24) is 0 Å². The molecule has 110 valence electrons. The van der Waals surface area contributed by atoms with Gasteiger partial charge < -0.3 is 19.3 Å². The maximum absolute atomic E-state index is 11.9. The fourth-order valence-corrected chi connectivity index (χ4v) is 2.39. The van der Waals surface area contributed by atoms with Crippen LogP contribution in [0.5, 0.6) is 11.5 Å². The minimum absolute atomic E-state index is 0.186. The van der Waals surface area contributed by atoms with E-state index < -0.39 is 0 Å². The monoisotopic (exact) mass is 280 g/mol. The number of phenolic OH excluding ortho intramolecular Hbond substituents is 1. The van der Waals surface area contributed by atoms with E-state index in [4.69, 9.17) is 14.2 Å². The molecule has 2 rings (SSSR count). The average molecular weight is 280 g/mol. The predicted octanol–water partition coefficient (Wildman–Crippen LogP) is 1.99. The Morgan fingerprint density at radius 2 is 2.00 bits per heavy atom. The predicted molar refractivity (Wildman–Crippen MR) is 72.7 cm³/mol. The number of rotatable bonds is 5. The Labute approximate surface area is 118 Å². The van der Waals surface area contributed by atoms with Crippen LogP contribution in [-0.2, 0) is 14.3 Å². The highest BCUT2D eigenvalue weighted by molar-refractivity contribution is 5.72. The van der Waals surface area contributed by atoms with E-state index in [1.807, 2.05) is 0 Å². The summed E-state index contributed by atoms with van der Waals surface area (Å²) in [6, 6.07) is 6.45. The molecule has 1 aromatic rings. The van der Waals surface area contributed by atoms with E-state index in [-0.39, 0.29) is 30.2 Å². The van der Waals surface area contributed by atoms with E-state index in [0.717, 1.165) is 12.8 Å². The third-order valence-corrected chi connectivity index (χ3v) is 3.61. The molecule has 1 fully saturated rings. The summed E-state index contributed by atoms with van der Waals surface area (Å²) in [6.45, 7) is 1.64. The maximum Gasteiger partial charge on any atom is 0.312 e. The van der Waals surface area contributed by atoms with Gasteiger partial charge in [-0.2, -0.15) is 0 Å². The van der Waals surface area contributed by atoms with E-state index in [0.29, 0.717) is 19.0 Å². The fourth-order valence-electron chi connectivity index (χ4n) is 2.39. The summed E-state index contributed by atoms with van der Waals surface area (Å²) in [5, 5.41) is 9.22. The lowest BCUT2D eigenvalue weighted by Gasteiger charge is -2.28. The highest BCUT2D eigenvalue weighted by Gasteiger charge is 2.31. The lowest BCUT2D eigenvalue weighted by molar-refractivity contribution is -0.150. The molecule has 0 spiro atoms. The minimum Gasteiger partial charge on any atom is -0.508 e. The number of hydrogen-bond acceptors (Lipinski definition) is 5. The maximum atomic E-state index is 11.9. The van der Waals surface area contributed by atoms with Gasteiger partial charge in [0, 0.05) is 13.2 Å². The molecule has 0 aromatic heterocycles. The van der Waals surface area contributed by atoms with Crippen molar-refractivity contribution < 1.29 is 24.1 Å². The van der Waals surface area contributed by atoms with Crippen molar-refractivity contribution in [2.24, 2.45) is 11.8 Å². The molecule has 1 aliphatic rings. The zero-order valence-corrected chi connectivity index (χ0v) is 11.6. The van der Waals surface area contributed by atoms with Gasteiger partial charge in [0.05, 0.1) is 13.0 Å². The zero-order chi connectivity index (χ0) is 14.4. The van der Waals surface area contributed by atoms with Gasteiger partial charge in [0.2, 0.25) is 0 Å². The molecule has 0 saturated carbocycles. The summed E-state index contributed by atoms with van der Waals surface area (Å²) in [4.78, 5) is 11.9. The number of benzene rings is 1. The van der Waals surface area contributed by atoms with Crippen LogP contribution in [-0.4, -0.2) is 38.0 Å². The van der Waals surface area contributed by atoms with Crippen molar-refractivity contribution >= 4 is 5.97 Å². The summed E-state index contributed by atoms with van der Waals surface area (Å²) >= 11 is 0. The van der Waals surface area contributed by atoms with Crippen LogP contribution in [0.4, 0.5) is 0 Å². The largest absolute Gasteiger partial charge is 0.508 e. The Morgan fingerprint density at radius 3 is 2.60 bits per heavy atom. The lowest BCUT2D eigenvalue weighted by atomic mass is 9.86. The first-order valence-electron chi connectivity index (χ1n) is 6.78. The fraction of sp³-hybridized carbons (Fsp3) is 0.533. The summed E-state index contributed by atoms with van der Waals surface area (Å²) < 4.78 is 15.8. The Hall–Kier alpha value is -1.75. The number of ether oxygens (including phenoxy) is 3. The smallest absolute Gasteiger partial charge is 0.312 e. The molecule has 1 N–H and O–H groups in total. The normalized spacial score (nSPS) is 17.4. The van der Waals surface area contributed by atoms with Gasteiger partial charge in [-0.3, -0.25) is 4.79 Å². The molecule has 0 radical (unpaired) electrons. The molecule has 1 atom stereocenters. The second kappa shape index (κ2) is 7.14. The van der Waals surface area contributed by atoms with Crippen LogP contribution < -0.4 is 4.74 Å². The summed E-state index contributed by atoms with van der Waals surface area (Å²) in [5.41, 5.74) is 0. The highest BCUT2D eigenvalue weighted by atomic mass is 16.5. The number of phenols is 1. The van der Waals surface area contributed by atoms with Gasteiger partial charge in [-0.1, -0.05) is 0 Å². The molecule has 0 aliphatic carbocycles. The zero-order valence-electron chi connectivity index (χ0n) is 11.6. The molecule has 0 bridgehead atoms. The molecule has 0 amide bonds. The molecule has 20 heavy (non-hydrogen) atoms. The van der Waals surface area contributed by atoms with Gasteiger partial charge in [0.15, 0.2) is 0 Å². The molecule has 5 nitrogen and oxygen atoms in total.